The fourth-order valence-corrected chi connectivity index (χ4v) is 3.40. The van der Waals surface area contributed by atoms with Gasteiger partial charge in [0.2, 0.25) is 0 Å². The molecule has 0 radical (unpaired) electrons. The van der Waals surface area contributed by atoms with Gasteiger partial charge in [-0.25, -0.2) is 4.85 Å². The van der Waals surface area contributed by atoms with Crippen LogP contribution in [0, 0.1) is 6.57 Å². The minimum atomic E-state index is -0.457. The minimum absolute atomic E-state index is 0.405. The van der Waals surface area contributed by atoms with Crippen LogP contribution in [0.4, 0.5) is 5.69 Å². The average Bonchev–Trinajstić information content (AvgIpc) is 3.13. The Morgan fingerprint density at radius 1 is 1.11 bits per heavy atom. The van der Waals surface area contributed by atoms with Crippen molar-refractivity contribution in [3.05, 3.63) is 54.1 Å². The van der Waals surface area contributed by atoms with E-state index in [1.165, 1.54) is 0 Å². The summed E-state index contributed by atoms with van der Waals surface area (Å²) in [6, 6.07) is 10.1. The van der Waals surface area contributed by atoms with Crippen LogP contribution >= 0.6 is 0 Å². The van der Waals surface area contributed by atoms with E-state index in [1.807, 2.05) is 59.1 Å². The third-order valence-corrected chi connectivity index (χ3v) is 5.67. The Hall–Kier alpha value is -2.62. The summed E-state index contributed by atoms with van der Waals surface area (Å²) in [6.45, 7) is 15.8. The highest BCUT2D eigenvalue weighted by Crippen LogP contribution is 2.38. The number of fused-ring (bicyclic) bond motifs is 1. The first-order valence-corrected chi connectivity index (χ1v) is 9.01. The molecule has 27 heavy (non-hydrogen) atoms. The zero-order valence-electron chi connectivity index (χ0n) is 16.3. The van der Waals surface area contributed by atoms with Gasteiger partial charge in [-0.3, -0.25) is 4.68 Å². The topological polar surface area (TPSA) is 40.6 Å². The van der Waals surface area contributed by atoms with Gasteiger partial charge in [-0.05, 0) is 55.6 Å². The van der Waals surface area contributed by atoms with Gasteiger partial charge in [0, 0.05) is 18.8 Å². The Morgan fingerprint density at radius 2 is 1.81 bits per heavy atom. The van der Waals surface area contributed by atoms with Crippen LogP contribution in [0.1, 0.15) is 27.7 Å². The number of benzene rings is 2. The van der Waals surface area contributed by atoms with E-state index in [9.17, 15) is 0 Å². The molecule has 0 aliphatic carbocycles. The summed E-state index contributed by atoms with van der Waals surface area (Å²) in [5.41, 5.74) is 2.56. The summed E-state index contributed by atoms with van der Waals surface area (Å²) in [7, 11) is 1.42. The summed E-state index contributed by atoms with van der Waals surface area (Å²) in [4.78, 5) is 3.76. The van der Waals surface area contributed by atoms with E-state index < -0.39 is 18.3 Å². The summed E-state index contributed by atoms with van der Waals surface area (Å²) >= 11 is 0. The highest BCUT2D eigenvalue weighted by molar-refractivity contribution is 6.65. The van der Waals surface area contributed by atoms with Gasteiger partial charge in [0.25, 0.3) is 0 Å². The molecule has 5 nitrogen and oxygen atoms in total. The average molecular weight is 359 g/mol. The molecule has 6 heteroatoms. The quantitative estimate of drug-likeness (QED) is 0.511. The SMILES string of the molecule is [C-]#[N+]c1cc2c(B3OC(C)(C)C(C)(C)O3)cccc2cc1-c1cnn(C)c1. The van der Waals surface area contributed by atoms with E-state index in [0.717, 1.165) is 27.4 Å². The summed E-state index contributed by atoms with van der Waals surface area (Å²) in [5, 5.41) is 6.27. The molecule has 0 unspecified atom stereocenters. The molecule has 0 saturated carbocycles. The number of aryl methyl sites for hydroxylation is 1. The predicted molar refractivity (Wildman–Crippen MR) is 108 cm³/mol. The van der Waals surface area contributed by atoms with Crippen molar-refractivity contribution in [1.29, 1.82) is 0 Å². The molecule has 1 saturated heterocycles. The summed E-state index contributed by atoms with van der Waals surface area (Å²) in [5.74, 6) is 0. The maximum absolute atomic E-state index is 7.66. The summed E-state index contributed by atoms with van der Waals surface area (Å²) in [6.07, 6.45) is 3.71. The number of hydrogen-bond donors (Lipinski definition) is 0. The molecule has 0 spiro atoms. The fourth-order valence-electron chi connectivity index (χ4n) is 3.40. The van der Waals surface area contributed by atoms with Crippen LogP contribution < -0.4 is 5.46 Å². The molecule has 1 fully saturated rings. The van der Waals surface area contributed by atoms with Crippen molar-refractivity contribution in [2.24, 2.45) is 7.05 Å². The Bertz CT molecular complexity index is 1060. The summed E-state index contributed by atoms with van der Waals surface area (Å²) < 4.78 is 14.2. The van der Waals surface area contributed by atoms with E-state index in [2.05, 4.69) is 22.1 Å². The molecule has 4 rings (SSSR count). The van der Waals surface area contributed by atoms with Crippen LogP contribution in [0.25, 0.3) is 26.7 Å². The van der Waals surface area contributed by atoms with E-state index in [1.54, 1.807) is 10.9 Å². The fraction of sp³-hybridized carbons (Fsp3) is 0.333. The van der Waals surface area contributed by atoms with Gasteiger partial charge in [0.15, 0.2) is 5.69 Å². The second-order valence-electron chi connectivity index (χ2n) is 8.04. The molecule has 136 valence electrons. The Balaban J connectivity index is 1.87. The van der Waals surface area contributed by atoms with Gasteiger partial charge in [0.1, 0.15) is 0 Å². The number of hydrogen-bond acceptors (Lipinski definition) is 3. The van der Waals surface area contributed by atoms with Crippen molar-refractivity contribution in [2.75, 3.05) is 0 Å². The number of nitrogens with zero attached hydrogens (tertiary/aromatic N) is 3. The maximum atomic E-state index is 7.66. The van der Waals surface area contributed by atoms with E-state index in [-0.39, 0.29) is 0 Å². The van der Waals surface area contributed by atoms with Crippen molar-refractivity contribution >= 4 is 29.0 Å². The van der Waals surface area contributed by atoms with Gasteiger partial charge in [-0.15, -0.1) is 0 Å². The van der Waals surface area contributed by atoms with Crippen molar-refractivity contribution in [3.8, 4) is 11.1 Å². The maximum Gasteiger partial charge on any atom is 0.495 e. The standard InChI is InChI=1S/C21H22BN3O2/c1-20(2)21(3,4)27-22(26-20)18-9-7-8-14-10-17(15-12-24-25(6)13-15)19(23-5)11-16(14)18/h7-13H,1-4,6H3. The zero-order chi connectivity index (χ0) is 19.4. The predicted octanol–water partition coefficient (Wildman–Crippen LogP) is 4.09. The van der Waals surface area contributed by atoms with Crippen molar-refractivity contribution < 1.29 is 9.31 Å². The van der Waals surface area contributed by atoms with Crippen LogP contribution in [0.5, 0.6) is 0 Å². The lowest BCUT2D eigenvalue weighted by atomic mass is 9.75. The van der Waals surface area contributed by atoms with Crippen LogP contribution in [0.2, 0.25) is 0 Å². The lowest BCUT2D eigenvalue weighted by Crippen LogP contribution is -2.41. The van der Waals surface area contributed by atoms with E-state index >= 15 is 0 Å². The highest BCUT2D eigenvalue weighted by atomic mass is 16.7. The molecule has 1 aliphatic heterocycles. The Morgan fingerprint density at radius 3 is 2.41 bits per heavy atom. The van der Waals surface area contributed by atoms with Crippen LogP contribution in [0.15, 0.2) is 42.7 Å². The highest BCUT2D eigenvalue weighted by Gasteiger charge is 2.52. The van der Waals surface area contributed by atoms with E-state index in [4.69, 9.17) is 15.9 Å². The molecule has 1 aromatic heterocycles. The van der Waals surface area contributed by atoms with E-state index in [0.29, 0.717) is 5.69 Å². The van der Waals surface area contributed by atoms with Crippen molar-refractivity contribution in [2.45, 2.75) is 38.9 Å². The van der Waals surface area contributed by atoms with Crippen molar-refractivity contribution in [3.63, 3.8) is 0 Å². The Kier molecular flexibility index (Phi) is 3.92. The zero-order valence-corrected chi connectivity index (χ0v) is 16.3. The monoisotopic (exact) mass is 359 g/mol. The Labute approximate surface area is 159 Å². The third-order valence-electron chi connectivity index (χ3n) is 5.67. The minimum Gasteiger partial charge on any atom is -0.399 e. The molecule has 0 atom stereocenters. The molecular weight excluding hydrogens is 337 g/mol. The lowest BCUT2D eigenvalue weighted by Gasteiger charge is -2.32. The second-order valence-corrected chi connectivity index (χ2v) is 8.04. The first-order valence-electron chi connectivity index (χ1n) is 9.01. The molecule has 2 heterocycles. The first kappa shape index (κ1) is 17.8. The lowest BCUT2D eigenvalue weighted by molar-refractivity contribution is 0.00578. The molecule has 0 amide bonds. The molecule has 0 bridgehead atoms. The normalized spacial score (nSPS) is 18.0. The molecule has 3 aromatic rings. The van der Waals surface area contributed by atoms with Crippen LogP contribution in [0.3, 0.4) is 0 Å². The number of aromatic nitrogens is 2. The molecule has 2 aromatic carbocycles. The third kappa shape index (κ3) is 2.84. The van der Waals surface area contributed by atoms with Crippen molar-refractivity contribution in [1.82, 2.24) is 9.78 Å². The van der Waals surface area contributed by atoms with Gasteiger partial charge >= 0.3 is 7.12 Å². The molecular formula is C21H22BN3O2. The second kappa shape index (κ2) is 5.95. The smallest absolute Gasteiger partial charge is 0.399 e. The van der Waals surface area contributed by atoms with Crippen LogP contribution in [-0.4, -0.2) is 28.1 Å². The number of rotatable bonds is 2. The van der Waals surface area contributed by atoms with Gasteiger partial charge in [-0.1, -0.05) is 24.3 Å². The van der Waals surface area contributed by atoms with Crippen LogP contribution in [-0.2, 0) is 16.4 Å². The largest absolute Gasteiger partial charge is 0.495 e. The van der Waals surface area contributed by atoms with Gasteiger partial charge in [0.05, 0.1) is 24.0 Å². The molecule has 1 aliphatic rings. The first-order chi connectivity index (χ1) is 12.7. The van der Waals surface area contributed by atoms with Gasteiger partial charge in [-0.2, -0.15) is 5.10 Å². The van der Waals surface area contributed by atoms with Gasteiger partial charge < -0.3 is 9.31 Å². The molecule has 0 N–H and O–H groups in total.